The van der Waals surface area contributed by atoms with E-state index in [9.17, 15) is 9.59 Å². The quantitative estimate of drug-likeness (QED) is 0.638. The number of piperidine rings is 1. The third kappa shape index (κ3) is 4.05. The molecule has 3 saturated heterocycles. The number of urea groups is 1. The van der Waals surface area contributed by atoms with Gasteiger partial charge in [0.05, 0.1) is 6.61 Å². The minimum atomic E-state index is -0.686. The fourth-order valence-electron chi connectivity index (χ4n) is 4.91. The van der Waals surface area contributed by atoms with E-state index in [1.807, 2.05) is 47.0 Å². The highest BCUT2D eigenvalue weighted by molar-refractivity contribution is 7.99. The molecule has 1 unspecified atom stereocenters. The lowest BCUT2D eigenvalue weighted by molar-refractivity contribution is -0.136. The Bertz CT molecular complexity index is 715. The summed E-state index contributed by atoms with van der Waals surface area (Å²) >= 11 is 2.02. The van der Waals surface area contributed by atoms with Gasteiger partial charge in [-0.3, -0.25) is 14.6 Å². The van der Waals surface area contributed by atoms with Gasteiger partial charge in [0, 0.05) is 45.1 Å². The molecular formula is C22H31N3O3S. The van der Waals surface area contributed by atoms with Crippen LogP contribution in [0.5, 0.6) is 0 Å². The number of carbonyl (C=O) groups is 2. The number of rotatable bonds is 7. The summed E-state index contributed by atoms with van der Waals surface area (Å²) in [6.45, 7) is 3.15. The monoisotopic (exact) mass is 417 g/mol. The Morgan fingerprint density at radius 2 is 1.90 bits per heavy atom. The van der Waals surface area contributed by atoms with Gasteiger partial charge < -0.3 is 9.64 Å². The molecule has 1 atom stereocenters. The molecule has 1 aromatic rings. The molecule has 3 aliphatic heterocycles. The molecule has 0 N–H and O–H groups in total. The summed E-state index contributed by atoms with van der Waals surface area (Å²) in [6.07, 6.45) is 3.38. The second-order valence-electron chi connectivity index (χ2n) is 8.20. The summed E-state index contributed by atoms with van der Waals surface area (Å²) in [5, 5.41) is 0. The van der Waals surface area contributed by atoms with E-state index in [4.69, 9.17) is 4.74 Å². The van der Waals surface area contributed by atoms with Gasteiger partial charge in [-0.1, -0.05) is 30.3 Å². The largest absolute Gasteiger partial charge is 0.383 e. The van der Waals surface area contributed by atoms with E-state index in [2.05, 4.69) is 4.90 Å². The summed E-state index contributed by atoms with van der Waals surface area (Å²) in [7, 11) is 1.64. The number of ether oxygens (including phenoxy) is 1. The minimum absolute atomic E-state index is 0.00465. The van der Waals surface area contributed by atoms with Crippen LogP contribution < -0.4 is 0 Å². The lowest BCUT2D eigenvalue weighted by Gasteiger charge is -2.43. The van der Waals surface area contributed by atoms with Crippen LogP contribution in [0, 0.1) is 0 Å². The van der Waals surface area contributed by atoms with E-state index >= 15 is 0 Å². The zero-order valence-electron chi connectivity index (χ0n) is 17.2. The van der Waals surface area contributed by atoms with Crippen molar-refractivity contribution < 1.29 is 14.3 Å². The van der Waals surface area contributed by atoms with Crippen molar-refractivity contribution in [1.82, 2.24) is 14.7 Å². The van der Waals surface area contributed by atoms with Crippen LogP contribution in [0.3, 0.4) is 0 Å². The topological polar surface area (TPSA) is 53.1 Å². The van der Waals surface area contributed by atoms with E-state index in [1.165, 1.54) is 22.8 Å². The van der Waals surface area contributed by atoms with Gasteiger partial charge in [0.2, 0.25) is 0 Å². The summed E-state index contributed by atoms with van der Waals surface area (Å²) in [4.78, 5) is 32.6. The molecule has 3 fully saturated rings. The maximum Gasteiger partial charge on any atom is 0.327 e. The van der Waals surface area contributed by atoms with Crippen molar-refractivity contribution in [2.75, 3.05) is 51.4 Å². The van der Waals surface area contributed by atoms with E-state index in [1.54, 1.807) is 7.11 Å². The maximum atomic E-state index is 13.5. The second kappa shape index (κ2) is 9.06. The Morgan fingerprint density at radius 3 is 2.55 bits per heavy atom. The number of hydrogen-bond donors (Lipinski definition) is 0. The summed E-state index contributed by atoms with van der Waals surface area (Å²) in [5.74, 6) is 2.42. The number of imide groups is 1. The van der Waals surface area contributed by atoms with Gasteiger partial charge in [0.25, 0.3) is 5.91 Å². The van der Waals surface area contributed by atoms with Crippen LogP contribution in [0.15, 0.2) is 30.3 Å². The molecule has 6 nitrogen and oxygen atoms in total. The SMILES string of the molecule is COCCN1C(=O)N(CCc2ccccc2)C(=O)C12CCN(C1CCSC1)CC2. The van der Waals surface area contributed by atoms with Crippen LogP contribution in [0.2, 0.25) is 0 Å². The molecule has 1 spiro atoms. The first-order valence-corrected chi connectivity index (χ1v) is 11.8. The van der Waals surface area contributed by atoms with Crippen molar-refractivity contribution >= 4 is 23.7 Å². The van der Waals surface area contributed by atoms with E-state index in [0.717, 1.165) is 31.5 Å². The number of likely N-dealkylation sites (tertiary alicyclic amines) is 1. The van der Waals surface area contributed by atoms with Gasteiger partial charge >= 0.3 is 6.03 Å². The van der Waals surface area contributed by atoms with Crippen LogP contribution in [0.4, 0.5) is 4.79 Å². The van der Waals surface area contributed by atoms with Crippen molar-refractivity contribution in [3.63, 3.8) is 0 Å². The van der Waals surface area contributed by atoms with E-state index < -0.39 is 5.54 Å². The van der Waals surface area contributed by atoms with Crippen molar-refractivity contribution in [2.45, 2.75) is 37.3 Å². The highest BCUT2D eigenvalue weighted by Crippen LogP contribution is 2.38. The third-order valence-corrected chi connectivity index (χ3v) is 7.80. The van der Waals surface area contributed by atoms with Crippen molar-refractivity contribution in [3.05, 3.63) is 35.9 Å². The smallest absolute Gasteiger partial charge is 0.327 e. The molecule has 7 heteroatoms. The second-order valence-corrected chi connectivity index (χ2v) is 9.35. The zero-order valence-corrected chi connectivity index (χ0v) is 18.0. The number of amides is 3. The fraction of sp³-hybridized carbons (Fsp3) is 0.636. The first kappa shape index (κ1) is 20.7. The fourth-order valence-corrected chi connectivity index (χ4v) is 6.17. The standard InChI is InChI=1S/C22H31N3O3S/c1-28-15-14-25-21(27)24(11-7-18-5-3-2-4-6-18)20(26)22(25)9-12-23(13-10-22)19-8-16-29-17-19/h2-6,19H,7-17H2,1H3. The number of hydrogen-bond acceptors (Lipinski definition) is 5. The normalized spacial score (nSPS) is 24.8. The number of thioether (sulfide) groups is 1. The summed E-state index contributed by atoms with van der Waals surface area (Å²) < 4.78 is 5.25. The van der Waals surface area contributed by atoms with Gasteiger partial charge in [-0.25, -0.2) is 4.79 Å². The first-order chi connectivity index (χ1) is 14.2. The van der Waals surface area contributed by atoms with E-state index in [0.29, 0.717) is 32.2 Å². The molecule has 4 rings (SSSR count). The molecular weight excluding hydrogens is 386 g/mol. The van der Waals surface area contributed by atoms with Gasteiger partial charge in [-0.15, -0.1) is 0 Å². The third-order valence-electron chi connectivity index (χ3n) is 6.65. The number of carbonyl (C=O) groups excluding carboxylic acids is 2. The Labute approximate surface area is 177 Å². The summed E-state index contributed by atoms with van der Waals surface area (Å²) in [6, 6.07) is 10.5. The Kier molecular flexibility index (Phi) is 6.47. The number of benzene rings is 1. The van der Waals surface area contributed by atoms with Crippen LogP contribution in [-0.4, -0.2) is 89.6 Å². The predicted octanol–water partition coefficient (Wildman–Crippen LogP) is 2.48. The molecule has 3 amide bonds. The lowest BCUT2D eigenvalue weighted by Crippen LogP contribution is -2.58. The Hall–Kier alpha value is -1.57. The van der Waals surface area contributed by atoms with Gasteiger partial charge in [0.1, 0.15) is 5.54 Å². The van der Waals surface area contributed by atoms with Crippen LogP contribution in [0.1, 0.15) is 24.8 Å². The highest BCUT2D eigenvalue weighted by Gasteiger charge is 2.57. The Morgan fingerprint density at radius 1 is 1.14 bits per heavy atom. The molecule has 3 aliphatic rings. The Balaban J connectivity index is 1.48. The number of nitrogens with zero attached hydrogens (tertiary/aromatic N) is 3. The van der Waals surface area contributed by atoms with Crippen molar-refractivity contribution in [1.29, 1.82) is 0 Å². The molecule has 0 saturated carbocycles. The van der Waals surface area contributed by atoms with E-state index in [-0.39, 0.29) is 11.9 Å². The molecule has 29 heavy (non-hydrogen) atoms. The van der Waals surface area contributed by atoms with Gasteiger partial charge in [-0.2, -0.15) is 11.8 Å². The zero-order chi connectivity index (χ0) is 20.3. The lowest BCUT2D eigenvalue weighted by atomic mass is 9.85. The van der Waals surface area contributed by atoms with Gasteiger partial charge in [0.15, 0.2) is 0 Å². The first-order valence-electron chi connectivity index (χ1n) is 10.6. The van der Waals surface area contributed by atoms with Crippen LogP contribution >= 0.6 is 11.8 Å². The minimum Gasteiger partial charge on any atom is -0.383 e. The average molecular weight is 418 g/mol. The molecule has 0 aliphatic carbocycles. The summed E-state index contributed by atoms with van der Waals surface area (Å²) in [5.41, 5.74) is 0.459. The predicted molar refractivity (Wildman–Crippen MR) is 115 cm³/mol. The molecule has 0 bridgehead atoms. The number of methoxy groups -OCH3 is 1. The highest BCUT2D eigenvalue weighted by atomic mass is 32.2. The molecule has 3 heterocycles. The molecule has 0 aromatic heterocycles. The van der Waals surface area contributed by atoms with Gasteiger partial charge in [-0.05, 0) is 37.0 Å². The molecule has 158 valence electrons. The molecule has 0 radical (unpaired) electrons. The molecule has 1 aromatic carbocycles. The average Bonchev–Trinajstić information content (AvgIpc) is 3.35. The van der Waals surface area contributed by atoms with Crippen molar-refractivity contribution in [3.8, 4) is 0 Å². The van der Waals surface area contributed by atoms with Crippen LogP contribution in [0.25, 0.3) is 0 Å². The van der Waals surface area contributed by atoms with Crippen LogP contribution in [-0.2, 0) is 16.0 Å². The maximum absolute atomic E-state index is 13.5. The van der Waals surface area contributed by atoms with Crippen molar-refractivity contribution in [2.24, 2.45) is 0 Å².